The van der Waals surface area contributed by atoms with E-state index in [1.807, 2.05) is 4.90 Å². The number of aryl methyl sites for hydroxylation is 1. The number of allylic oxidation sites excluding steroid dienone is 1. The van der Waals surface area contributed by atoms with Crippen LogP contribution in [0, 0.1) is 57.7 Å². The van der Waals surface area contributed by atoms with Crippen LogP contribution < -0.4 is 15.8 Å². The fourth-order valence-electron chi connectivity index (χ4n) is 18.3. The average molecular weight is 1030 g/mol. The van der Waals surface area contributed by atoms with Crippen molar-refractivity contribution in [3.05, 3.63) is 70.8 Å². The van der Waals surface area contributed by atoms with Crippen LogP contribution in [0.2, 0.25) is 0 Å². The lowest BCUT2D eigenvalue weighted by Gasteiger charge is -2.46. The number of nitrogens with one attached hydrogen (secondary N) is 1. The number of guanidine groups is 1. The van der Waals surface area contributed by atoms with E-state index in [0.717, 1.165) is 100 Å². The molecule has 16 rings (SSSR count). The van der Waals surface area contributed by atoms with Gasteiger partial charge < -0.3 is 35.6 Å². The molecular weight excluding hydrogens is 949 g/mol. The maximum Gasteiger partial charge on any atom is 0.303 e. The zero-order valence-corrected chi connectivity index (χ0v) is 44.8. The standard InChI is InChI=1S/C61H78N4O6S2/c1-39(66)70-58-27-17-44-30-46(53(69)54-52(44)45-18-29-60(71-54)23-6-11-47(60)31-45)35-65-38-59(34-51(65)68)49(43-9-3-2-4-10-43)20-26-57(59)21-5-8-40-16-25-56(32-40)22-7-24-61(56,64-55(62)63-37-57)73-72-36-41-12-14-42(15-13-41)48(19-28-58)50(67)33-58/h2-4,9-10,18,29-30,40-42,45,47-50,67,69H,6-8,11-17,19-20,22-28,31-38H2,1H3,(H3,62,63,64)/t40-,41?,42?,45+,47+,48-,49-,50-,56+,57-,58+,59+,60-,61-/m1/s1. The van der Waals surface area contributed by atoms with Gasteiger partial charge in [0.15, 0.2) is 17.5 Å². The second-order valence-electron chi connectivity index (χ2n) is 25.6. The Morgan fingerprint density at radius 1 is 0.959 bits per heavy atom. The van der Waals surface area contributed by atoms with Gasteiger partial charge in [-0.15, -0.1) is 5.92 Å². The minimum absolute atomic E-state index is 0.0722. The number of phenols is 1. The first kappa shape index (κ1) is 48.8. The minimum atomic E-state index is -0.802. The highest BCUT2D eigenvalue weighted by Crippen LogP contribution is 2.67. The monoisotopic (exact) mass is 1030 g/mol. The van der Waals surface area contributed by atoms with Crippen LogP contribution in [0.3, 0.4) is 0 Å². The van der Waals surface area contributed by atoms with Crippen LogP contribution in [0.5, 0.6) is 11.5 Å². The first-order valence-corrected chi connectivity index (χ1v) is 31.0. The summed E-state index contributed by atoms with van der Waals surface area (Å²) in [6, 6.07) is 13.0. The molecule has 2 aromatic rings. The van der Waals surface area contributed by atoms with Crippen molar-refractivity contribution in [2.24, 2.45) is 56.6 Å². The molecule has 10 nitrogen and oxygen atoms in total. The molecule has 12 heteroatoms. The predicted octanol–water partition coefficient (Wildman–Crippen LogP) is 11.2. The number of aliphatic hydroxyl groups excluding tert-OH is 1. The molecule has 73 heavy (non-hydrogen) atoms. The van der Waals surface area contributed by atoms with Gasteiger partial charge in [0.05, 0.1) is 18.1 Å². The number of aliphatic hydroxyl groups is 1. The van der Waals surface area contributed by atoms with Crippen LogP contribution in [0.15, 0.2) is 53.5 Å². The highest BCUT2D eigenvalue weighted by Gasteiger charge is 2.65. The van der Waals surface area contributed by atoms with Gasteiger partial charge in [-0.25, -0.2) is 0 Å². The Labute approximate surface area is 441 Å². The second kappa shape index (κ2) is 18.5. The molecule has 14 bridgehead atoms. The summed E-state index contributed by atoms with van der Waals surface area (Å²) in [4.78, 5) is 35.5. The third-order valence-corrected chi connectivity index (χ3v) is 25.3. The van der Waals surface area contributed by atoms with E-state index in [4.69, 9.17) is 20.2 Å². The zero-order chi connectivity index (χ0) is 49.8. The molecule has 6 saturated carbocycles. The Kier molecular flexibility index (Phi) is 12.3. The Balaban J connectivity index is 0.925. The van der Waals surface area contributed by atoms with Crippen molar-refractivity contribution in [1.82, 2.24) is 10.2 Å². The Hall–Kier alpha value is -3.79. The number of ether oxygens (including phenoxy) is 2. The predicted molar refractivity (Wildman–Crippen MR) is 289 cm³/mol. The molecule has 2 aromatic carbocycles. The largest absolute Gasteiger partial charge is 0.504 e. The van der Waals surface area contributed by atoms with Crippen molar-refractivity contribution in [2.45, 2.75) is 195 Å². The van der Waals surface area contributed by atoms with Gasteiger partial charge in [0.2, 0.25) is 5.91 Å². The van der Waals surface area contributed by atoms with E-state index in [2.05, 4.69) is 87.3 Å². The summed E-state index contributed by atoms with van der Waals surface area (Å²) in [5, 5.41) is 29.0. The normalized spacial score (nSPS) is 42.6. The number of phenolic OH excluding ortho intramolecular Hbond substituents is 1. The smallest absolute Gasteiger partial charge is 0.303 e. The summed E-state index contributed by atoms with van der Waals surface area (Å²) < 4.78 is 13.6. The molecule has 1 amide bonds. The van der Waals surface area contributed by atoms with Crippen molar-refractivity contribution < 1.29 is 29.3 Å². The Bertz CT molecular complexity index is 2640. The van der Waals surface area contributed by atoms with Crippen molar-refractivity contribution in [3.8, 4) is 23.3 Å². The number of aromatic hydroxyl groups is 1. The number of carbonyl (C=O) groups is 2. The van der Waals surface area contributed by atoms with Gasteiger partial charge in [-0.1, -0.05) is 63.9 Å². The number of amides is 1. The van der Waals surface area contributed by atoms with Crippen LogP contribution in [-0.4, -0.2) is 74.0 Å². The van der Waals surface area contributed by atoms with E-state index in [1.165, 1.54) is 51.0 Å². The lowest BCUT2D eigenvalue weighted by atomic mass is 9.60. The molecule has 12 atom stereocenters. The molecule has 7 heterocycles. The third-order valence-electron chi connectivity index (χ3n) is 22.0. The number of benzene rings is 2. The van der Waals surface area contributed by atoms with Gasteiger partial charge in [-0.3, -0.25) is 14.6 Å². The number of hydrogen-bond acceptors (Lipinski definition) is 11. The first-order chi connectivity index (χ1) is 35.3. The number of carbonyl (C=O) groups excluding carboxylic acids is 2. The van der Waals surface area contributed by atoms with Gasteiger partial charge >= 0.3 is 5.97 Å². The van der Waals surface area contributed by atoms with Crippen LogP contribution in [0.1, 0.15) is 182 Å². The van der Waals surface area contributed by atoms with E-state index in [-0.39, 0.29) is 52.2 Å². The topological polar surface area (TPSA) is 147 Å². The highest BCUT2D eigenvalue weighted by atomic mass is 33.1. The molecule has 14 aliphatic rings. The lowest BCUT2D eigenvalue weighted by Crippen LogP contribution is -2.56. The molecule has 1 saturated heterocycles. The number of nitrogens with two attached hydrogens (primary N) is 1. The van der Waals surface area contributed by atoms with Gasteiger partial charge in [-0.2, -0.15) is 0 Å². The molecule has 0 radical (unpaired) electrons. The van der Waals surface area contributed by atoms with E-state index in [0.29, 0.717) is 79.7 Å². The van der Waals surface area contributed by atoms with Crippen molar-refractivity contribution >= 4 is 39.4 Å². The van der Waals surface area contributed by atoms with Crippen molar-refractivity contribution in [3.63, 3.8) is 0 Å². The maximum absolute atomic E-state index is 15.2. The van der Waals surface area contributed by atoms with Crippen LogP contribution in [0.4, 0.5) is 0 Å². The summed E-state index contributed by atoms with van der Waals surface area (Å²) in [6.07, 6.45) is 25.7. The van der Waals surface area contributed by atoms with Crippen LogP contribution in [-0.2, 0) is 27.3 Å². The fraction of sp³-hybridized carbons (Fsp3) is 0.689. The Morgan fingerprint density at radius 2 is 1.82 bits per heavy atom. The summed E-state index contributed by atoms with van der Waals surface area (Å²) >= 11 is 0. The molecular formula is C61H78N4O6S2. The number of aliphatic imine (C=N–C) groups is 1. The van der Waals surface area contributed by atoms with Gasteiger partial charge in [0.1, 0.15) is 16.1 Å². The molecule has 7 aliphatic carbocycles. The van der Waals surface area contributed by atoms with Crippen LogP contribution in [0.25, 0.3) is 0 Å². The number of nitrogens with zero attached hydrogens (tertiary/aromatic N) is 2. The summed E-state index contributed by atoms with van der Waals surface area (Å²) in [5.74, 6) is 12.3. The molecule has 7 aliphatic heterocycles. The lowest BCUT2D eigenvalue weighted by molar-refractivity contribution is -0.170. The summed E-state index contributed by atoms with van der Waals surface area (Å²) in [5.41, 5.74) is 9.00. The van der Waals surface area contributed by atoms with Gasteiger partial charge in [0.25, 0.3) is 0 Å². The van der Waals surface area contributed by atoms with E-state index >= 15 is 4.79 Å². The van der Waals surface area contributed by atoms with Crippen LogP contribution >= 0.6 is 21.6 Å². The highest BCUT2D eigenvalue weighted by molar-refractivity contribution is 8.77. The number of hydrogen-bond donors (Lipinski definition) is 4. The zero-order valence-electron chi connectivity index (χ0n) is 43.1. The summed E-state index contributed by atoms with van der Waals surface area (Å²) in [7, 11) is 4.11. The van der Waals surface area contributed by atoms with E-state index < -0.39 is 28.1 Å². The van der Waals surface area contributed by atoms with E-state index in [1.54, 1.807) is 0 Å². The third kappa shape index (κ3) is 8.09. The molecule has 390 valence electrons. The second-order valence-corrected chi connectivity index (χ2v) is 28.2. The average Bonchev–Trinajstić information content (AvgIpc) is 4.17. The number of rotatable bonds is 2. The van der Waals surface area contributed by atoms with E-state index in [9.17, 15) is 15.0 Å². The van der Waals surface area contributed by atoms with Crippen molar-refractivity contribution in [2.75, 3.05) is 18.8 Å². The number of esters is 1. The maximum atomic E-state index is 15.2. The van der Waals surface area contributed by atoms with Gasteiger partial charge in [-0.05, 0) is 181 Å². The fourth-order valence-corrected chi connectivity index (χ4v) is 22.2. The first-order valence-electron chi connectivity index (χ1n) is 28.7. The Morgan fingerprint density at radius 3 is 2.66 bits per heavy atom. The molecule has 0 aromatic heterocycles. The quantitative estimate of drug-likeness (QED) is 0.0992. The van der Waals surface area contributed by atoms with Crippen molar-refractivity contribution in [1.29, 1.82) is 0 Å². The number of fused-ring (bicyclic) bond motifs is 3. The molecule has 5 N–H and O–H groups in total. The molecule has 7 fully saturated rings. The minimum Gasteiger partial charge on any atom is -0.504 e. The molecule has 5 spiro atoms. The van der Waals surface area contributed by atoms with Gasteiger partial charge in [0, 0.05) is 78.8 Å². The molecule has 0 unspecified atom stereocenters. The SMILES string of the molecule is CC(=O)O[C@@]12CCc3cc(c(O)c4c3[C@H]3C=C[C@@]5(CCC[C@H]5C3)O4)CN3C[C@@]4(CC3=O)[C@@H](c3ccccc3)CC[C@@]43C#CC[C@@H]4CC[C@@]5(CCC[C@@]5(NC(N)=NC3)SSCC3CCC(CC3)[C@@H](CC1)[C@H](O)C2)C4. The summed E-state index contributed by atoms with van der Waals surface area (Å²) in [6.45, 7) is 2.67.